The van der Waals surface area contributed by atoms with Crippen LogP contribution in [0.25, 0.3) is 11.1 Å². The highest BCUT2D eigenvalue weighted by Crippen LogP contribution is 2.54. The molecular weight excluding hydrogens is 686 g/mol. The minimum atomic E-state index is -4.97. The lowest BCUT2D eigenvalue weighted by Crippen LogP contribution is -2.72. The Hall–Kier alpha value is -4.48. The summed E-state index contributed by atoms with van der Waals surface area (Å²) < 4.78 is 100. The monoisotopic (exact) mass is 718 g/mol. The Morgan fingerprint density at radius 3 is 2.39 bits per heavy atom. The van der Waals surface area contributed by atoms with Crippen molar-refractivity contribution in [2.75, 3.05) is 46.1 Å². The molecule has 17 heteroatoms. The van der Waals surface area contributed by atoms with Gasteiger partial charge in [0.1, 0.15) is 12.4 Å². The van der Waals surface area contributed by atoms with Crippen LogP contribution in [0.3, 0.4) is 0 Å². The molecule has 2 atom stereocenters. The summed E-state index contributed by atoms with van der Waals surface area (Å²) in [5.41, 5.74) is -4.56. The number of hydrogen-bond acceptors (Lipinski definition) is 7. The van der Waals surface area contributed by atoms with Gasteiger partial charge in [-0.1, -0.05) is 24.3 Å². The van der Waals surface area contributed by atoms with Gasteiger partial charge in [-0.3, -0.25) is 24.1 Å². The van der Waals surface area contributed by atoms with E-state index >= 15 is 8.78 Å². The summed E-state index contributed by atoms with van der Waals surface area (Å²) in [7, 11) is 0. The molecule has 1 N–H and O–H groups in total. The van der Waals surface area contributed by atoms with Gasteiger partial charge in [-0.25, -0.2) is 18.0 Å². The van der Waals surface area contributed by atoms with Gasteiger partial charge in [-0.05, 0) is 41.3 Å². The third kappa shape index (κ3) is 5.39. The predicted octanol–water partition coefficient (Wildman–Crippen LogP) is 3.94. The molecule has 4 saturated heterocycles. The molecular formula is C34H32F6N6O5. The molecule has 4 fully saturated rings. The Morgan fingerprint density at radius 1 is 1.00 bits per heavy atom. The van der Waals surface area contributed by atoms with Crippen LogP contribution >= 0.6 is 0 Å². The molecule has 2 aromatic carbocycles. The maximum absolute atomic E-state index is 15.8. The second-order valence-corrected chi connectivity index (χ2v) is 13.8. The summed E-state index contributed by atoms with van der Waals surface area (Å²) >= 11 is 0. The topological polar surface area (TPSA) is 109 Å². The van der Waals surface area contributed by atoms with Crippen molar-refractivity contribution in [3.05, 3.63) is 77.4 Å². The number of carbonyl (C=O) groups excluding carboxylic acids is 3. The van der Waals surface area contributed by atoms with E-state index in [1.54, 1.807) is 12.4 Å². The number of likely N-dealkylation sites (tertiary alicyclic amines) is 1. The molecule has 1 spiro atoms. The van der Waals surface area contributed by atoms with Crippen molar-refractivity contribution in [1.29, 1.82) is 0 Å². The molecule has 1 aromatic heterocycles. The SMILES string of the molecule is O=C1N[C@]2(CC(F)(F)c3cc(-c4cnn([C@@H]5CCN(C6COC6)C5)c4)ccc32)C(=O)N1CC(=O)N(Cc1ccc(F)cc1)C1(C(F)(F)F)COC1. The van der Waals surface area contributed by atoms with Crippen LogP contribution < -0.4 is 5.32 Å². The Morgan fingerprint density at radius 2 is 1.75 bits per heavy atom. The second-order valence-electron chi connectivity index (χ2n) is 13.8. The summed E-state index contributed by atoms with van der Waals surface area (Å²) in [6.45, 7) is -0.524. The quantitative estimate of drug-likeness (QED) is 0.278. The normalized spacial score (nSPS) is 25.5. The molecule has 0 bridgehead atoms. The first-order valence-corrected chi connectivity index (χ1v) is 16.4. The number of alkyl halides is 5. The number of ether oxygens (including phenoxy) is 2. The first kappa shape index (κ1) is 33.7. The zero-order chi connectivity index (χ0) is 35.9. The van der Waals surface area contributed by atoms with Gasteiger partial charge in [0.15, 0.2) is 11.1 Å². The van der Waals surface area contributed by atoms with Crippen LogP contribution in [-0.2, 0) is 37.1 Å². The number of carbonyl (C=O) groups is 3. The lowest BCUT2D eigenvalue weighted by molar-refractivity contribution is -0.302. The fourth-order valence-electron chi connectivity index (χ4n) is 7.67. The van der Waals surface area contributed by atoms with Crippen molar-refractivity contribution in [3.63, 3.8) is 0 Å². The van der Waals surface area contributed by atoms with Crippen molar-refractivity contribution in [3.8, 4) is 11.1 Å². The number of urea groups is 1. The number of benzene rings is 2. The summed E-state index contributed by atoms with van der Waals surface area (Å²) in [6, 6.07) is 7.84. The van der Waals surface area contributed by atoms with Gasteiger partial charge in [0.25, 0.3) is 11.8 Å². The van der Waals surface area contributed by atoms with E-state index in [9.17, 15) is 31.9 Å². The molecule has 0 saturated carbocycles. The van der Waals surface area contributed by atoms with Gasteiger partial charge < -0.3 is 19.7 Å². The minimum Gasteiger partial charge on any atom is -0.378 e. The van der Waals surface area contributed by atoms with Gasteiger partial charge in [0.05, 0.1) is 51.1 Å². The maximum atomic E-state index is 15.8. The predicted molar refractivity (Wildman–Crippen MR) is 164 cm³/mol. The van der Waals surface area contributed by atoms with Gasteiger partial charge in [0, 0.05) is 37.0 Å². The summed E-state index contributed by atoms with van der Waals surface area (Å²) in [5.74, 6) is -6.69. The summed E-state index contributed by atoms with van der Waals surface area (Å²) in [5, 5.41) is 6.81. The average Bonchev–Trinajstić information content (AvgIpc) is 3.79. The van der Waals surface area contributed by atoms with E-state index in [2.05, 4.69) is 15.3 Å². The first-order valence-electron chi connectivity index (χ1n) is 16.4. The molecule has 51 heavy (non-hydrogen) atoms. The molecule has 5 heterocycles. The van der Waals surface area contributed by atoms with Crippen molar-refractivity contribution in [1.82, 2.24) is 29.8 Å². The molecule has 8 rings (SSSR count). The van der Waals surface area contributed by atoms with Crippen LogP contribution in [-0.4, -0.2) is 106 Å². The van der Waals surface area contributed by atoms with E-state index in [1.165, 1.54) is 30.3 Å². The smallest absolute Gasteiger partial charge is 0.378 e. The molecule has 1 aliphatic carbocycles. The minimum absolute atomic E-state index is 0.105. The van der Waals surface area contributed by atoms with E-state index in [4.69, 9.17) is 9.47 Å². The lowest BCUT2D eigenvalue weighted by atomic mass is 9.90. The number of hydrogen-bond donors (Lipinski definition) is 1. The zero-order valence-electron chi connectivity index (χ0n) is 27.0. The van der Waals surface area contributed by atoms with Crippen molar-refractivity contribution >= 4 is 17.8 Å². The Bertz CT molecular complexity index is 1890. The fourth-order valence-corrected chi connectivity index (χ4v) is 7.67. The molecule has 3 aromatic rings. The maximum Gasteiger partial charge on any atom is 0.416 e. The number of imide groups is 1. The molecule has 4 aliphatic heterocycles. The number of nitrogens with zero attached hydrogens (tertiary/aromatic N) is 5. The van der Waals surface area contributed by atoms with Gasteiger partial charge in [0.2, 0.25) is 5.91 Å². The first-order chi connectivity index (χ1) is 24.2. The Labute approximate surface area is 287 Å². The highest BCUT2D eigenvalue weighted by molar-refractivity contribution is 6.10. The van der Waals surface area contributed by atoms with E-state index in [0.29, 0.717) is 40.2 Å². The fraction of sp³-hybridized carbons (Fsp3) is 0.471. The van der Waals surface area contributed by atoms with Crippen LogP contribution in [0.2, 0.25) is 0 Å². The summed E-state index contributed by atoms with van der Waals surface area (Å²) in [4.78, 5) is 43.9. The standard InChI is InChI=1S/C34H32F6N6O5/c35-23-4-1-20(2-5-23)11-45(31(18-51-19-31)34(38,39)40)28(47)14-44-29(48)32(42-30(44)49)17-33(36,37)27-9-21(3-6-26(27)32)22-10-41-46(12-22)24-7-8-43(13-24)25-15-50-16-25/h1-6,9-10,12,24-25H,7-8,11,13-19H2,(H,42,49)/t24-,32+/m1/s1. The van der Waals surface area contributed by atoms with Crippen LogP contribution in [0.1, 0.15) is 35.6 Å². The number of fused-ring (bicyclic) bond motifs is 2. The molecule has 11 nitrogen and oxygen atoms in total. The Kier molecular flexibility index (Phi) is 7.77. The van der Waals surface area contributed by atoms with Crippen LogP contribution in [0.4, 0.5) is 31.1 Å². The second kappa shape index (κ2) is 11.8. The van der Waals surface area contributed by atoms with Crippen LogP contribution in [0.5, 0.6) is 0 Å². The number of rotatable bonds is 8. The van der Waals surface area contributed by atoms with E-state index in [1.807, 2.05) is 4.68 Å². The lowest BCUT2D eigenvalue weighted by Gasteiger charge is -2.50. The van der Waals surface area contributed by atoms with Crippen molar-refractivity contribution in [2.45, 2.75) is 54.6 Å². The van der Waals surface area contributed by atoms with E-state index < -0.39 is 85.1 Å². The number of aromatic nitrogens is 2. The van der Waals surface area contributed by atoms with Crippen LogP contribution in [0.15, 0.2) is 54.9 Å². The van der Waals surface area contributed by atoms with Crippen LogP contribution in [0, 0.1) is 5.82 Å². The Balaban J connectivity index is 1.04. The molecule has 5 aliphatic rings. The zero-order valence-corrected chi connectivity index (χ0v) is 27.0. The van der Waals surface area contributed by atoms with E-state index in [-0.39, 0.29) is 17.2 Å². The summed E-state index contributed by atoms with van der Waals surface area (Å²) in [6.07, 6.45) is -1.88. The highest BCUT2D eigenvalue weighted by atomic mass is 19.4. The van der Waals surface area contributed by atoms with Crippen molar-refractivity contribution in [2.24, 2.45) is 0 Å². The molecule has 270 valence electrons. The third-order valence-electron chi connectivity index (χ3n) is 10.8. The number of amides is 4. The number of halogens is 6. The molecule has 0 unspecified atom stereocenters. The molecule has 4 amide bonds. The van der Waals surface area contributed by atoms with Gasteiger partial charge in [-0.2, -0.15) is 18.3 Å². The molecule has 0 radical (unpaired) electrons. The largest absolute Gasteiger partial charge is 0.416 e. The van der Waals surface area contributed by atoms with Crippen molar-refractivity contribution < 1.29 is 50.2 Å². The van der Waals surface area contributed by atoms with E-state index in [0.717, 1.165) is 31.6 Å². The highest BCUT2D eigenvalue weighted by Gasteiger charge is 2.67. The van der Waals surface area contributed by atoms with Gasteiger partial charge >= 0.3 is 12.2 Å². The number of nitrogens with one attached hydrogen (secondary N) is 1. The average molecular weight is 719 g/mol. The third-order valence-corrected chi connectivity index (χ3v) is 10.8. The van der Waals surface area contributed by atoms with Gasteiger partial charge in [-0.15, -0.1) is 0 Å².